The minimum atomic E-state index is -0.244. The molecular formula is C20H31BO3. The van der Waals surface area contributed by atoms with Crippen LogP contribution in [0.15, 0.2) is 30.3 Å². The quantitative estimate of drug-likeness (QED) is 0.678. The molecule has 1 aliphatic heterocycles. The molecule has 1 heterocycles. The number of hydrogen-bond acceptors (Lipinski definition) is 3. The predicted molar refractivity (Wildman–Crippen MR) is 97.8 cm³/mol. The first-order valence-corrected chi connectivity index (χ1v) is 9.33. The number of hydrogen-bond donors (Lipinski definition) is 0. The Morgan fingerprint density at radius 1 is 1.00 bits per heavy atom. The van der Waals surface area contributed by atoms with Crippen molar-refractivity contribution in [2.24, 2.45) is 11.8 Å². The third-order valence-corrected chi connectivity index (χ3v) is 6.03. The van der Waals surface area contributed by atoms with Gasteiger partial charge in [-0.2, -0.15) is 0 Å². The van der Waals surface area contributed by atoms with Crippen LogP contribution in [0.3, 0.4) is 0 Å². The Kier molecular flexibility index (Phi) is 5.10. The molecule has 3 rings (SSSR count). The predicted octanol–water partition coefficient (Wildman–Crippen LogP) is 4.71. The van der Waals surface area contributed by atoms with Crippen LogP contribution in [-0.4, -0.2) is 24.9 Å². The molecule has 0 spiro atoms. The van der Waals surface area contributed by atoms with Gasteiger partial charge in [0.15, 0.2) is 0 Å². The molecule has 1 aromatic carbocycles. The van der Waals surface area contributed by atoms with E-state index in [9.17, 15) is 0 Å². The molecule has 132 valence electrons. The molecule has 0 aromatic heterocycles. The van der Waals surface area contributed by atoms with E-state index in [0.29, 0.717) is 24.3 Å². The lowest BCUT2D eigenvalue weighted by Gasteiger charge is -2.32. The Bertz CT molecular complexity index is 527. The Morgan fingerprint density at radius 2 is 1.62 bits per heavy atom. The van der Waals surface area contributed by atoms with Crippen molar-refractivity contribution in [1.29, 1.82) is 0 Å². The maximum Gasteiger partial charge on any atom is 0.461 e. The van der Waals surface area contributed by atoms with Crippen LogP contribution in [-0.2, 0) is 20.7 Å². The van der Waals surface area contributed by atoms with Crippen LogP contribution in [0.25, 0.3) is 0 Å². The molecule has 1 saturated heterocycles. The number of ether oxygens (including phenoxy) is 1. The van der Waals surface area contributed by atoms with Crippen molar-refractivity contribution in [3.05, 3.63) is 35.9 Å². The summed E-state index contributed by atoms with van der Waals surface area (Å²) in [6, 6.07) is 10.4. The van der Waals surface area contributed by atoms with Crippen molar-refractivity contribution in [2.45, 2.75) is 71.1 Å². The van der Waals surface area contributed by atoms with Gasteiger partial charge >= 0.3 is 7.12 Å². The van der Waals surface area contributed by atoms with Crippen LogP contribution in [0.4, 0.5) is 0 Å². The number of rotatable bonds is 7. The maximum atomic E-state index is 6.28. The summed E-state index contributed by atoms with van der Waals surface area (Å²) in [5.41, 5.74) is 0.747. The van der Waals surface area contributed by atoms with E-state index in [1.165, 1.54) is 18.4 Å². The average molecular weight is 330 g/mol. The fourth-order valence-electron chi connectivity index (χ4n) is 3.79. The Balaban J connectivity index is 1.55. The molecule has 24 heavy (non-hydrogen) atoms. The summed E-state index contributed by atoms with van der Waals surface area (Å²) in [5.74, 6) is 1.70. The van der Waals surface area contributed by atoms with E-state index >= 15 is 0 Å². The Morgan fingerprint density at radius 3 is 2.21 bits per heavy atom. The Labute approximate surface area is 147 Å². The topological polar surface area (TPSA) is 27.7 Å². The molecule has 4 heteroatoms. The van der Waals surface area contributed by atoms with Gasteiger partial charge in [-0.25, -0.2) is 0 Å². The molecule has 2 aliphatic rings. The molecule has 0 radical (unpaired) electrons. The van der Waals surface area contributed by atoms with E-state index in [-0.39, 0.29) is 18.3 Å². The second-order valence-electron chi connectivity index (χ2n) is 8.32. The summed E-state index contributed by atoms with van der Waals surface area (Å²) >= 11 is 0. The maximum absolute atomic E-state index is 6.28. The van der Waals surface area contributed by atoms with Crippen LogP contribution in [0.2, 0.25) is 5.82 Å². The van der Waals surface area contributed by atoms with Crippen molar-refractivity contribution < 1.29 is 14.0 Å². The van der Waals surface area contributed by atoms with Gasteiger partial charge in [0.25, 0.3) is 0 Å². The van der Waals surface area contributed by atoms with Crippen LogP contribution in [0.5, 0.6) is 0 Å². The summed E-state index contributed by atoms with van der Waals surface area (Å²) in [6.45, 7) is 12.3. The van der Waals surface area contributed by atoms with Gasteiger partial charge < -0.3 is 14.0 Å². The zero-order valence-electron chi connectivity index (χ0n) is 15.7. The average Bonchev–Trinajstić information content (AvgIpc) is 3.14. The summed E-state index contributed by atoms with van der Waals surface area (Å²) in [4.78, 5) is 0. The van der Waals surface area contributed by atoms with Gasteiger partial charge in [0, 0.05) is 12.4 Å². The first-order chi connectivity index (χ1) is 11.4. The molecule has 0 amide bonds. The molecule has 1 aliphatic carbocycles. The van der Waals surface area contributed by atoms with Crippen LogP contribution >= 0.6 is 0 Å². The summed E-state index contributed by atoms with van der Waals surface area (Å²) in [6.07, 6.45) is 2.43. The summed E-state index contributed by atoms with van der Waals surface area (Å²) in [5, 5.41) is 0. The summed E-state index contributed by atoms with van der Waals surface area (Å²) in [7, 11) is -0.0862. The second kappa shape index (κ2) is 6.82. The smallest absolute Gasteiger partial charge is 0.403 e. The van der Waals surface area contributed by atoms with Crippen molar-refractivity contribution in [3.63, 3.8) is 0 Å². The van der Waals surface area contributed by atoms with Crippen molar-refractivity contribution in [1.82, 2.24) is 0 Å². The highest BCUT2D eigenvalue weighted by molar-refractivity contribution is 6.49. The van der Waals surface area contributed by atoms with E-state index < -0.39 is 0 Å². The van der Waals surface area contributed by atoms with Crippen molar-refractivity contribution >= 4 is 7.12 Å². The molecule has 0 N–H and O–H groups in total. The Hall–Kier alpha value is -0.835. The molecular weight excluding hydrogens is 299 g/mol. The molecule has 1 saturated carbocycles. The van der Waals surface area contributed by atoms with Gasteiger partial charge in [-0.1, -0.05) is 50.1 Å². The third-order valence-electron chi connectivity index (χ3n) is 6.03. The van der Waals surface area contributed by atoms with Crippen LogP contribution in [0, 0.1) is 11.8 Å². The van der Waals surface area contributed by atoms with Gasteiger partial charge in [0.1, 0.15) is 0 Å². The van der Waals surface area contributed by atoms with Gasteiger partial charge in [0.05, 0.1) is 17.8 Å². The van der Waals surface area contributed by atoms with E-state index in [4.69, 9.17) is 14.0 Å². The van der Waals surface area contributed by atoms with E-state index in [1.807, 2.05) is 6.07 Å². The summed E-state index contributed by atoms with van der Waals surface area (Å²) < 4.78 is 18.6. The van der Waals surface area contributed by atoms with Gasteiger partial charge in [-0.15, -0.1) is 0 Å². The molecule has 1 aromatic rings. The normalized spacial score (nSPS) is 30.5. The zero-order chi connectivity index (χ0) is 17.4. The first-order valence-electron chi connectivity index (χ1n) is 9.33. The van der Waals surface area contributed by atoms with E-state index in [1.54, 1.807) is 0 Å². The lowest BCUT2D eigenvalue weighted by molar-refractivity contribution is 0.00578. The first kappa shape index (κ1) is 18.0. The molecule has 3 atom stereocenters. The van der Waals surface area contributed by atoms with E-state index in [2.05, 4.69) is 58.9 Å². The standard InChI is InChI=1S/C20H31BO3/c1-6-10-16-17(14-22-13-15-11-8-7-9-12-15)18(16)21-23-19(2,3)20(4,5)24-21/h7-9,11-12,16-18H,6,10,13-14H2,1-5H3/t16-,17+,18-/m1/s1. The molecule has 0 unspecified atom stereocenters. The van der Waals surface area contributed by atoms with Crippen molar-refractivity contribution in [2.75, 3.05) is 6.61 Å². The SMILES string of the molecule is CCC[C@@H]1[C@H](COCc2ccccc2)[C@@H]1B1OC(C)(C)C(C)(C)O1. The fourth-order valence-corrected chi connectivity index (χ4v) is 3.79. The number of benzene rings is 1. The lowest BCUT2D eigenvalue weighted by atomic mass is 9.79. The van der Waals surface area contributed by atoms with Crippen LogP contribution in [0.1, 0.15) is 53.0 Å². The minimum absolute atomic E-state index is 0.0862. The minimum Gasteiger partial charge on any atom is -0.403 e. The van der Waals surface area contributed by atoms with Gasteiger partial charge in [-0.05, 0) is 45.1 Å². The largest absolute Gasteiger partial charge is 0.461 e. The highest BCUT2D eigenvalue weighted by Gasteiger charge is 2.64. The van der Waals surface area contributed by atoms with Crippen molar-refractivity contribution in [3.8, 4) is 0 Å². The van der Waals surface area contributed by atoms with Crippen LogP contribution < -0.4 is 0 Å². The molecule has 0 bridgehead atoms. The zero-order valence-corrected chi connectivity index (χ0v) is 15.7. The third kappa shape index (κ3) is 3.56. The molecule has 3 nitrogen and oxygen atoms in total. The monoisotopic (exact) mass is 330 g/mol. The molecule has 2 fully saturated rings. The highest BCUT2D eigenvalue weighted by Crippen LogP contribution is 2.59. The fraction of sp³-hybridized carbons (Fsp3) is 0.700. The lowest BCUT2D eigenvalue weighted by Crippen LogP contribution is -2.41. The second-order valence-corrected chi connectivity index (χ2v) is 8.32. The van der Waals surface area contributed by atoms with E-state index in [0.717, 1.165) is 6.61 Å². The van der Waals surface area contributed by atoms with Gasteiger partial charge in [-0.3, -0.25) is 0 Å². The van der Waals surface area contributed by atoms with Gasteiger partial charge in [0.2, 0.25) is 0 Å². The highest BCUT2D eigenvalue weighted by atomic mass is 16.7.